The molecule has 0 aromatic heterocycles. The van der Waals surface area contributed by atoms with Gasteiger partial charge in [0.25, 0.3) is 4.46 Å². The highest BCUT2D eigenvalue weighted by Gasteiger charge is 2.27. The average molecular weight is 238 g/mol. The molecule has 64 valence electrons. The monoisotopic (exact) mass is 236 g/mol. The lowest BCUT2D eigenvalue weighted by molar-refractivity contribution is 0.897. The maximum atomic E-state index is 6.82. The summed E-state index contributed by atoms with van der Waals surface area (Å²) in [5.41, 5.74) is 4.94. The van der Waals surface area contributed by atoms with Gasteiger partial charge in [0, 0.05) is 0 Å². The molecular weight excluding hydrogens is 234 g/mol. The van der Waals surface area contributed by atoms with E-state index in [9.17, 15) is 0 Å². The zero-order valence-electron chi connectivity index (χ0n) is 5.06. The Labute approximate surface area is 83.2 Å². The van der Waals surface area contributed by atoms with Crippen LogP contribution < -0.4 is 5.73 Å². The van der Waals surface area contributed by atoms with Crippen LogP contribution in [0.2, 0.25) is 0 Å². The standard InChI is InChI=1S/C3H4Cl4N4/c4-2(5)10-11-3(6,7)1(8)9/h2H,(H3,8,9)/b11-10+. The minimum atomic E-state index is -1.87. The summed E-state index contributed by atoms with van der Waals surface area (Å²) in [4.78, 5) is -1.06. The van der Waals surface area contributed by atoms with Crippen molar-refractivity contribution in [3.63, 3.8) is 0 Å². The first-order valence-electron chi connectivity index (χ1n) is 2.28. The molecule has 0 saturated heterocycles. The molecule has 0 amide bonds. The molecule has 0 bridgehead atoms. The van der Waals surface area contributed by atoms with E-state index in [1.165, 1.54) is 0 Å². The topological polar surface area (TPSA) is 74.6 Å². The third kappa shape index (κ3) is 4.63. The number of nitrogens with zero attached hydrogens (tertiary/aromatic N) is 2. The van der Waals surface area contributed by atoms with Crippen LogP contribution in [-0.4, -0.2) is 15.3 Å². The molecule has 0 atom stereocenters. The Balaban J connectivity index is 4.23. The first-order chi connectivity index (χ1) is 4.86. The van der Waals surface area contributed by atoms with Crippen molar-refractivity contribution in [2.75, 3.05) is 0 Å². The van der Waals surface area contributed by atoms with Crippen LogP contribution >= 0.6 is 46.4 Å². The number of nitrogens with two attached hydrogens (primary N) is 1. The Bertz CT molecular complexity index is 176. The molecule has 0 spiro atoms. The summed E-state index contributed by atoms with van der Waals surface area (Å²) in [5.74, 6) is -0.543. The molecule has 4 nitrogen and oxygen atoms in total. The molecule has 0 aliphatic heterocycles. The summed E-state index contributed by atoms with van der Waals surface area (Å²) in [6.07, 6.45) is 0. The molecule has 3 N–H and O–H groups in total. The van der Waals surface area contributed by atoms with Gasteiger partial charge in [-0.15, -0.1) is 5.11 Å². The zero-order valence-corrected chi connectivity index (χ0v) is 8.08. The number of amidine groups is 1. The van der Waals surface area contributed by atoms with Crippen LogP contribution in [0.3, 0.4) is 0 Å². The normalized spacial score (nSPS) is 12.8. The molecule has 0 radical (unpaired) electrons. The van der Waals surface area contributed by atoms with E-state index in [-0.39, 0.29) is 0 Å². The van der Waals surface area contributed by atoms with Crippen molar-refractivity contribution in [3.05, 3.63) is 0 Å². The molecule has 0 unspecified atom stereocenters. The first-order valence-corrected chi connectivity index (χ1v) is 3.91. The molecule has 11 heavy (non-hydrogen) atoms. The van der Waals surface area contributed by atoms with Crippen LogP contribution in [0.25, 0.3) is 0 Å². The zero-order chi connectivity index (χ0) is 9.07. The molecule has 0 aromatic rings. The fraction of sp³-hybridized carbons (Fsp3) is 0.667. The lowest BCUT2D eigenvalue weighted by Crippen LogP contribution is -2.30. The SMILES string of the molecule is N=C(N)C(Cl)(Cl)/N=N/C(Cl)Cl. The number of alkyl halides is 4. The number of halogens is 4. The molecule has 0 aromatic carbocycles. The van der Waals surface area contributed by atoms with Gasteiger partial charge < -0.3 is 5.73 Å². The van der Waals surface area contributed by atoms with Gasteiger partial charge in [-0.05, 0) is 0 Å². The third-order valence-electron chi connectivity index (χ3n) is 0.595. The van der Waals surface area contributed by atoms with Gasteiger partial charge in [0.15, 0.2) is 5.84 Å². The number of hydrogen-bond acceptors (Lipinski definition) is 3. The van der Waals surface area contributed by atoms with E-state index in [0.717, 1.165) is 0 Å². The van der Waals surface area contributed by atoms with Crippen LogP contribution in [0.5, 0.6) is 0 Å². The Morgan fingerprint density at radius 1 is 1.45 bits per heavy atom. The van der Waals surface area contributed by atoms with Crippen molar-refractivity contribution in [1.82, 2.24) is 0 Å². The van der Waals surface area contributed by atoms with E-state index in [1.54, 1.807) is 0 Å². The highest BCUT2D eigenvalue weighted by Crippen LogP contribution is 2.23. The van der Waals surface area contributed by atoms with Crippen LogP contribution in [0.1, 0.15) is 0 Å². The molecule has 0 saturated carbocycles. The molecule has 0 fully saturated rings. The predicted octanol–water partition coefficient (Wildman–Crippen LogP) is 2.27. The van der Waals surface area contributed by atoms with E-state index in [2.05, 4.69) is 10.2 Å². The molecule has 8 heteroatoms. The van der Waals surface area contributed by atoms with Gasteiger partial charge in [0.1, 0.15) is 0 Å². The van der Waals surface area contributed by atoms with E-state index in [4.69, 9.17) is 57.5 Å². The Hall–Kier alpha value is 0.230. The fourth-order valence-electron chi connectivity index (χ4n) is 0.170. The second-order valence-electron chi connectivity index (χ2n) is 1.45. The predicted molar refractivity (Wildman–Crippen MR) is 46.7 cm³/mol. The summed E-state index contributed by atoms with van der Waals surface area (Å²) in [6.45, 7) is 0. The molecule has 0 rings (SSSR count). The van der Waals surface area contributed by atoms with Crippen molar-refractivity contribution < 1.29 is 0 Å². The second-order valence-corrected chi connectivity index (χ2v) is 3.79. The van der Waals surface area contributed by atoms with Gasteiger partial charge >= 0.3 is 0 Å². The smallest absolute Gasteiger partial charge is 0.284 e. The number of hydrogen-bond donors (Lipinski definition) is 2. The maximum absolute atomic E-state index is 6.82. The van der Waals surface area contributed by atoms with Crippen LogP contribution in [0.15, 0.2) is 10.2 Å². The Morgan fingerprint density at radius 3 is 2.18 bits per heavy atom. The molecular formula is C3H4Cl4N4. The third-order valence-corrected chi connectivity index (χ3v) is 1.33. The van der Waals surface area contributed by atoms with Crippen LogP contribution in [0, 0.1) is 5.41 Å². The maximum Gasteiger partial charge on any atom is 0.284 e. The lowest BCUT2D eigenvalue weighted by Gasteiger charge is -2.09. The van der Waals surface area contributed by atoms with Gasteiger partial charge in [0.05, 0.1) is 0 Å². The van der Waals surface area contributed by atoms with Crippen molar-refractivity contribution in [1.29, 1.82) is 5.41 Å². The number of rotatable bonds is 3. The van der Waals surface area contributed by atoms with E-state index >= 15 is 0 Å². The van der Waals surface area contributed by atoms with Crippen molar-refractivity contribution in [3.8, 4) is 0 Å². The quantitative estimate of drug-likeness (QED) is 0.255. The van der Waals surface area contributed by atoms with Gasteiger partial charge in [-0.2, -0.15) is 5.11 Å². The van der Waals surface area contributed by atoms with Gasteiger partial charge in [-0.25, -0.2) is 0 Å². The van der Waals surface area contributed by atoms with Crippen LogP contribution in [-0.2, 0) is 0 Å². The van der Waals surface area contributed by atoms with Crippen molar-refractivity contribution in [2.24, 2.45) is 16.0 Å². The van der Waals surface area contributed by atoms with Gasteiger partial charge in [-0.3, -0.25) is 5.41 Å². The highest BCUT2D eigenvalue weighted by atomic mass is 35.5. The summed E-state index contributed by atoms with van der Waals surface area (Å²) in [6, 6.07) is 0. The molecule has 0 aliphatic carbocycles. The van der Waals surface area contributed by atoms with E-state index in [1.807, 2.05) is 0 Å². The summed E-state index contributed by atoms with van der Waals surface area (Å²) in [5, 5.41) is 13.2. The second kappa shape index (κ2) is 4.30. The van der Waals surface area contributed by atoms with Gasteiger partial charge in [-0.1, -0.05) is 46.4 Å². The van der Waals surface area contributed by atoms with Crippen LogP contribution in [0.4, 0.5) is 0 Å². The van der Waals surface area contributed by atoms with Crippen molar-refractivity contribution >= 4 is 52.2 Å². The largest absolute Gasteiger partial charge is 0.383 e. The minimum absolute atomic E-state index is 0.543. The first kappa shape index (κ1) is 11.2. The van der Waals surface area contributed by atoms with E-state index in [0.29, 0.717) is 0 Å². The Morgan fingerprint density at radius 2 is 1.91 bits per heavy atom. The highest BCUT2D eigenvalue weighted by molar-refractivity contribution is 6.58. The fourth-order valence-corrected chi connectivity index (χ4v) is 0.345. The lowest BCUT2D eigenvalue weighted by atomic mass is 10.6. The minimum Gasteiger partial charge on any atom is -0.383 e. The molecule has 0 aliphatic rings. The number of azo groups is 1. The Kier molecular flexibility index (Phi) is 4.39. The summed E-state index contributed by atoms with van der Waals surface area (Å²) in [7, 11) is 0. The summed E-state index contributed by atoms with van der Waals surface area (Å²) < 4.78 is -1.87. The van der Waals surface area contributed by atoms with Crippen molar-refractivity contribution in [2.45, 2.75) is 9.42 Å². The van der Waals surface area contributed by atoms with Gasteiger partial charge in [0.2, 0.25) is 4.96 Å². The molecule has 0 heterocycles. The summed E-state index contributed by atoms with van der Waals surface area (Å²) >= 11 is 21.0. The number of nitrogens with one attached hydrogen (secondary N) is 1. The average Bonchev–Trinajstić information content (AvgIpc) is 1.84. The van der Waals surface area contributed by atoms with E-state index < -0.39 is 15.3 Å².